The summed E-state index contributed by atoms with van der Waals surface area (Å²) in [7, 11) is -3.67. The molecular weight excluding hydrogens is 384 g/mol. The lowest BCUT2D eigenvalue weighted by Gasteiger charge is -2.09. The van der Waals surface area contributed by atoms with Gasteiger partial charge in [0.1, 0.15) is 11.1 Å². The van der Waals surface area contributed by atoms with E-state index in [1.54, 1.807) is 0 Å². The van der Waals surface area contributed by atoms with Crippen LogP contribution in [0.4, 0.5) is 5.00 Å². The van der Waals surface area contributed by atoms with Gasteiger partial charge in [-0.15, -0.1) is 11.3 Å². The van der Waals surface area contributed by atoms with Gasteiger partial charge in [-0.05, 0) is 31.2 Å². The average Bonchev–Trinajstić information content (AvgIpc) is 2.90. The molecule has 25 heavy (non-hydrogen) atoms. The van der Waals surface area contributed by atoms with Crippen LogP contribution in [-0.2, 0) is 22.7 Å². The van der Waals surface area contributed by atoms with E-state index in [-0.39, 0.29) is 10.7 Å². The Labute approximate surface area is 153 Å². The Morgan fingerprint density at radius 3 is 2.80 bits per heavy atom. The number of rotatable bonds is 3. The van der Waals surface area contributed by atoms with Crippen LogP contribution in [0.3, 0.4) is 0 Å². The van der Waals surface area contributed by atoms with Gasteiger partial charge in [0.15, 0.2) is 5.69 Å². The molecule has 0 saturated heterocycles. The molecule has 7 nitrogen and oxygen atoms in total. The van der Waals surface area contributed by atoms with Gasteiger partial charge in [0.2, 0.25) is 15.0 Å². The number of aryl methyl sites for hydroxylation is 1. The predicted octanol–water partition coefficient (Wildman–Crippen LogP) is 2.60. The molecule has 0 radical (unpaired) electrons. The fraction of sp³-hybridized carbons (Fsp3) is 0.333. The Bertz CT molecular complexity index is 1010. The van der Waals surface area contributed by atoms with E-state index in [1.165, 1.54) is 11.3 Å². The molecule has 0 spiro atoms. The Morgan fingerprint density at radius 1 is 1.40 bits per heavy atom. The van der Waals surface area contributed by atoms with Gasteiger partial charge in [0, 0.05) is 11.1 Å². The largest absolute Gasteiger partial charge is 0.311 e. The number of fused-ring (bicyclic) bond motifs is 1. The highest BCUT2D eigenvalue weighted by molar-refractivity contribution is 7.90. The number of carbonyl (C=O) groups is 1. The molecule has 1 aliphatic carbocycles. The molecule has 0 unspecified atom stereocenters. The average molecular weight is 397 g/mol. The molecule has 3 rings (SSSR count). The first kappa shape index (κ1) is 17.8. The summed E-state index contributed by atoms with van der Waals surface area (Å²) < 4.78 is 23.1. The van der Waals surface area contributed by atoms with Crippen LogP contribution in [0.15, 0.2) is 11.4 Å². The number of nitrogens with one attached hydrogen (secondary N) is 1. The maximum absolute atomic E-state index is 12.5. The second-order valence-electron chi connectivity index (χ2n) is 5.60. The SMILES string of the molecule is CS(=O)(=O)c1ncc(Cl)c(C(=O)Nc2sc3c(c2C#N)CCCC3)n1. The summed E-state index contributed by atoms with van der Waals surface area (Å²) in [6.45, 7) is 0. The minimum absolute atomic E-state index is 0.0651. The number of thiophene rings is 1. The number of amides is 1. The lowest BCUT2D eigenvalue weighted by molar-refractivity contribution is 0.102. The summed E-state index contributed by atoms with van der Waals surface area (Å²) in [6.07, 6.45) is 5.79. The van der Waals surface area contributed by atoms with Crippen molar-refractivity contribution in [1.82, 2.24) is 9.97 Å². The summed E-state index contributed by atoms with van der Waals surface area (Å²) in [5.41, 5.74) is 1.20. The van der Waals surface area contributed by atoms with E-state index in [0.29, 0.717) is 10.6 Å². The molecule has 10 heteroatoms. The minimum atomic E-state index is -3.67. The molecule has 1 amide bonds. The molecule has 0 atom stereocenters. The highest BCUT2D eigenvalue weighted by atomic mass is 35.5. The van der Waals surface area contributed by atoms with Crippen molar-refractivity contribution < 1.29 is 13.2 Å². The van der Waals surface area contributed by atoms with Crippen molar-refractivity contribution in [3.05, 3.63) is 32.9 Å². The van der Waals surface area contributed by atoms with Gasteiger partial charge in [-0.25, -0.2) is 18.4 Å². The van der Waals surface area contributed by atoms with Gasteiger partial charge in [-0.2, -0.15) is 5.26 Å². The van der Waals surface area contributed by atoms with E-state index < -0.39 is 20.9 Å². The number of halogens is 1. The van der Waals surface area contributed by atoms with Gasteiger partial charge in [-0.3, -0.25) is 4.79 Å². The first-order valence-corrected chi connectivity index (χ1v) is 10.5. The minimum Gasteiger partial charge on any atom is -0.311 e. The monoisotopic (exact) mass is 396 g/mol. The second-order valence-corrected chi connectivity index (χ2v) is 9.02. The lowest BCUT2D eigenvalue weighted by atomic mass is 9.96. The number of aromatic nitrogens is 2. The van der Waals surface area contributed by atoms with E-state index in [9.17, 15) is 18.5 Å². The molecule has 0 aromatic carbocycles. The molecule has 0 fully saturated rings. The summed E-state index contributed by atoms with van der Waals surface area (Å²) in [5, 5.41) is 12.0. The van der Waals surface area contributed by atoms with Crippen molar-refractivity contribution >= 4 is 43.7 Å². The third-order valence-corrected chi connectivity index (χ3v) is 6.12. The highest BCUT2D eigenvalue weighted by Crippen LogP contribution is 2.37. The van der Waals surface area contributed by atoms with E-state index in [1.807, 2.05) is 0 Å². The van der Waals surface area contributed by atoms with E-state index in [0.717, 1.165) is 48.6 Å². The first-order chi connectivity index (χ1) is 11.8. The number of hydrogen-bond donors (Lipinski definition) is 1. The number of nitrogens with zero attached hydrogens (tertiary/aromatic N) is 3. The molecule has 2 aromatic rings. The molecule has 130 valence electrons. The summed E-state index contributed by atoms with van der Waals surface area (Å²) in [4.78, 5) is 21.0. The number of nitriles is 1. The van der Waals surface area contributed by atoms with Crippen LogP contribution in [0.1, 0.15) is 39.3 Å². The Kier molecular flexibility index (Phi) is 4.77. The van der Waals surface area contributed by atoms with Crippen molar-refractivity contribution in [3.63, 3.8) is 0 Å². The topological polar surface area (TPSA) is 113 Å². The van der Waals surface area contributed by atoms with Gasteiger partial charge < -0.3 is 5.32 Å². The Hall–Kier alpha value is -2.02. The summed E-state index contributed by atoms with van der Waals surface area (Å²) in [6, 6.07) is 2.14. The Balaban J connectivity index is 1.96. The van der Waals surface area contributed by atoms with Gasteiger partial charge in [0.05, 0.1) is 16.8 Å². The third-order valence-electron chi connectivity index (χ3n) is 3.78. The van der Waals surface area contributed by atoms with Crippen molar-refractivity contribution in [1.29, 1.82) is 5.26 Å². The normalized spacial score (nSPS) is 13.8. The zero-order valence-electron chi connectivity index (χ0n) is 13.2. The van der Waals surface area contributed by atoms with Crippen molar-refractivity contribution in [2.45, 2.75) is 30.8 Å². The predicted molar refractivity (Wildman–Crippen MR) is 93.8 cm³/mol. The van der Waals surface area contributed by atoms with E-state index in [4.69, 9.17) is 11.6 Å². The highest BCUT2D eigenvalue weighted by Gasteiger charge is 2.24. The maximum atomic E-state index is 12.5. The van der Waals surface area contributed by atoms with Crippen molar-refractivity contribution in [2.75, 3.05) is 11.6 Å². The standard InChI is InChI=1S/C15H13ClN4O3S2/c1-25(22,23)15-18-7-10(16)12(19-15)13(21)20-14-9(6-17)8-4-2-3-5-11(8)24-14/h7H,2-5H2,1H3,(H,20,21). The lowest BCUT2D eigenvalue weighted by Crippen LogP contribution is -2.17. The molecule has 1 N–H and O–H groups in total. The fourth-order valence-corrected chi connectivity index (χ4v) is 4.54. The van der Waals surface area contributed by atoms with Crippen LogP contribution in [0.2, 0.25) is 5.02 Å². The summed E-state index contributed by atoms with van der Waals surface area (Å²) >= 11 is 7.31. The third kappa shape index (κ3) is 3.51. The zero-order valence-corrected chi connectivity index (χ0v) is 15.6. The van der Waals surface area contributed by atoms with Crippen LogP contribution in [0.25, 0.3) is 0 Å². The smallest absolute Gasteiger partial charge is 0.276 e. The number of sulfone groups is 1. The van der Waals surface area contributed by atoms with Crippen molar-refractivity contribution in [3.8, 4) is 6.07 Å². The van der Waals surface area contributed by atoms with E-state index in [2.05, 4.69) is 21.4 Å². The molecule has 0 bridgehead atoms. The quantitative estimate of drug-likeness (QED) is 0.798. The Morgan fingerprint density at radius 2 is 2.12 bits per heavy atom. The summed E-state index contributed by atoms with van der Waals surface area (Å²) in [5.74, 6) is -0.674. The van der Waals surface area contributed by atoms with Crippen LogP contribution >= 0.6 is 22.9 Å². The second kappa shape index (κ2) is 6.71. The zero-order chi connectivity index (χ0) is 18.2. The van der Waals surface area contributed by atoms with Crippen molar-refractivity contribution in [2.24, 2.45) is 0 Å². The van der Waals surface area contributed by atoms with Gasteiger partial charge in [-0.1, -0.05) is 11.6 Å². The molecular formula is C15H13ClN4O3S2. The molecule has 2 heterocycles. The molecule has 1 aliphatic rings. The molecule has 2 aromatic heterocycles. The number of anilines is 1. The van der Waals surface area contributed by atoms with Crippen LogP contribution in [-0.4, -0.2) is 30.5 Å². The fourth-order valence-electron chi connectivity index (χ4n) is 2.62. The maximum Gasteiger partial charge on any atom is 0.276 e. The van der Waals surface area contributed by atoms with Gasteiger partial charge in [0.25, 0.3) is 5.91 Å². The molecule has 0 aliphatic heterocycles. The molecule has 0 saturated carbocycles. The first-order valence-electron chi connectivity index (χ1n) is 7.40. The van der Waals surface area contributed by atoms with Crippen LogP contribution in [0.5, 0.6) is 0 Å². The van der Waals surface area contributed by atoms with Gasteiger partial charge >= 0.3 is 0 Å². The van der Waals surface area contributed by atoms with E-state index >= 15 is 0 Å². The number of carbonyl (C=O) groups excluding carboxylic acids is 1. The van der Waals surface area contributed by atoms with Crippen LogP contribution in [0, 0.1) is 11.3 Å². The van der Waals surface area contributed by atoms with Crippen LogP contribution < -0.4 is 5.32 Å². The number of hydrogen-bond acceptors (Lipinski definition) is 7.